The van der Waals surface area contributed by atoms with E-state index in [-0.39, 0.29) is 22.8 Å². The van der Waals surface area contributed by atoms with Crippen molar-refractivity contribution in [3.05, 3.63) is 38.9 Å². The van der Waals surface area contributed by atoms with Crippen LogP contribution in [0.5, 0.6) is 0 Å². The van der Waals surface area contributed by atoms with Crippen molar-refractivity contribution in [2.75, 3.05) is 27.8 Å². The molecule has 0 saturated heterocycles. The van der Waals surface area contributed by atoms with Crippen molar-refractivity contribution in [3.63, 3.8) is 0 Å². The lowest BCUT2D eigenvalue weighted by Gasteiger charge is -2.22. The monoisotopic (exact) mass is 302 g/mol. The minimum absolute atomic E-state index is 0.0344. The summed E-state index contributed by atoms with van der Waals surface area (Å²) in [5.74, 6) is -0.507. The van der Waals surface area contributed by atoms with Gasteiger partial charge in [0.2, 0.25) is 0 Å². The Hall–Kier alpha value is -1.70. The Morgan fingerprint density at radius 3 is 2.55 bits per heavy atom. The lowest BCUT2D eigenvalue weighted by atomic mass is 10.1. The number of methoxy groups -OCH3 is 2. The Labute approximate surface area is 121 Å². The van der Waals surface area contributed by atoms with E-state index < -0.39 is 17.1 Å². The van der Waals surface area contributed by atoms with Gasteiger partial charge in [0, 0.05) is 32.4 Å². The molecule has 0 aliphatic rings. The van der Waals surface area contributed by atoms with E-state index >= 15 is 0 Å². The normalized spacial score (nSPS) is 10.7. The molecule has 0 N–H and O–H groups in total. The summed E-state index contributed by atoms with van der Waals surface area (Å²) in [6.45, 7) is 0.144. The fourth-order valence-electron chi connectivity index (χ4n) is 1.59. The minimum atomic E-state index is -0.642. The third-order valence-corrected chi connectivity index (χ3v) is 2.92. The number of hydrogen-bond acceptors (Lipinski definition) is 5. The molecule has 0 heterocycles. The number of hydrogen-bond donors (Lipinski definition) is 0. The summed E-state index contributed by atoms with van der Waals surface area (Å²) in [4.78, 5) is 23.8. The van der Waals surface area contributed by atoms with Gasteiger partial charge in [-0.3, -0.25) is 14.9 Å². The average Bonchev–Trinajstić information content (AvgIpc) is 2.43. The van der Waals surface area contributed by atoms with Gasteiger partial charge < -0.3 is 14.4 Å². The Kier molecular flexibility index (Phi) is 5.87. The minimum Gasteiger partial charge on any atom is -0.354 e. The summed E-state index contributed by atoms with van der Waals surface area (Å²) in [6, 6.07) is 3.90. The third kappa shape index (κ3) is 3.89. The molecule has 20 heavy (non-hydrogen) atoms. The zero-order valence-corrected chi connectivity index (χ0v) is 12.1. The number of nitro groups is 1. The Morgan fingerprint density at radius 2 is 2.05 bits per heavy atom. The standard InChI is InChI=1S/C12H15ClN2O5/c1-14(7-11(19-2)20-3)12(16)9-5-4-8(13)6-10(9)15(17)18/h4-6,11H,7H2,1-3H3. The second kappa shape index (κ2) is 7.18. The zero-order valence-electron chi connectivity index (χ0n) is 11.3. The zero-order chi connectivity index (χ0) is 15.3. The van der Waals surface area contributed by atoms with Crippen LogP contribution in [-0.2, 0) is 9.47 Å². The predicted molar refractivity (Wildman–Crippen MR) is 72.9 cm³/mol. The molecule has 1 rings (SSSR count). The fraction of sp³-hybridized carbons (Fsp3) is 0.417. The summed E-state index contributed by atoms with van der Waals surface area (Å²) < 4.78 is 9.96. The van der Waals surface area contributed by atoms with Gasteiger partial charge in [0.25, 0.3) is 11.6 Å². The predicted octanol–water partition coefficient (Wildman–Crippen LogP) is 1.94. The van der Waals surface area contributed by atoms with Gasteiger partial charge in [-0.25, -0.2) is 0 Å². The quantitative estimate of drug-likeness (QED) is 0.455. The van der Waals surface area contributed by atoms with Gasteiger partial charge in [-0.1, -0.05) is 11.6 Å². The molecule has 0 aliphatic heterocycles. The molecule has 110 valence electrons. The van der Waals surface area contributed by atoms with Crippen molar-refractivity contribution < 1.29 is 19.2 Å². The molecule has 1 aromatic carbocycles. The van der Waals surface area contributed by atoms with E-state index in [2.05, 4.69) is 0 Å². The molecule has 0 unspecified atom stereocenters. The molecule has 0 bridgehead atoms. The smallest absolute Gasteiger partial charge is 0.283 e. The van der Waals surface area contributed by atoms with Gasteiger partial charge in [-0.05, 0) is 12.1 Å². The molecular weight excluding hydrogens is 288 g/mol. The van der Waals surface area contributed by atoms with E-state index in [1.807, 2.05) is 0 Å². The number of carbonyl (C=O) groups excluding carboxylic acids is 1. The van der Waals surface area contributed by atoms with Gasteiger partial charge in [0.05, 0.1) is 11.5 Å². The van der Waals surface area contributed by atoms with Crippen LogP contribution in [-0.4, -0.2) is 49.8 Å². The van der Waals surface area contributed by atoms with E-state index in [4.69, 9.17) is 21.1 Å². The fourth-order valence-corrected chi connectivity index (χ4v) is 1.76. The number of carbonyl (C=O) groups is 1. The van der Waals surface area contributed by atoms with Crippen LogP contribution in [0, 0.1) is 10.1 Å². The van der Waals surface area contributed by atoms with Crippen LogP contribution in [0.25, 0.3) is 0 Å². The van der Waals surface area contributed by atoms with Crippen molar-refractivity contribution in [3.8, 4) is 0 Å². The number of nitrogens with zero attached hydrogens (tertiary/aromatic N) is 2. The van der Waals surface area contributed by atoms with Crippen molar-refractivity contribution in [2.45, 2.75) is 6.29 Å². The number of halogens is 1. The highest BCUT2D eigenvalue weighted by atomic mass is 35.5. The van der Waals surface area contributed by atoms with Crippen LogP contribution in [0.1, 0.15) is 10.4 Å². The summed E-state index contributed by atoms with van der Waals surface area (Å²) in [5, 5.41) is 11.2. The van der Waals surface area contributed by atoms with E-state index in [1.165, 1.54) is 38.3 Å². The average molecular weight is 303 g/mol. The molecule has 0 spiro atoms. The second-order valence-corrected chi connectivity index (χ2v) is 4.44. The highest BCUT2D eigenvalue weighted by Gasteiger charge is 2.24. The van der Waals surface area contributed by atoms with Crippen LogP contribution >= 0.6 is 11.6 Å². The van der Waals surface area contributed by atoms with Gasteiger partial charge in [0.15, 0.2) is 6.29 Å². The summed E-state index contributed by atoms with van der Waals surface area (Å²) in [7, 11) is 4.39. The molecule has 8 heteroatoms. The van der Waals surface area contributed by atoms with E-state index in [0.29, 0.717) is 0 Å². The summed E-state index contributed by atoms with van der Waals surface area (Å²) in [5.41, 5.74) is -0.367. The molecule has 1 amide bonds. The van der Waals surface area contributed by atoms with Gasteiger partial charge in [0.1, 0.15) is 5.56 Å². The number of nitro benzene ring substituents is 1. The van der Waals surface area contributed by atoms with Gasteiger partial charge in [-0.2, -0.15) is 0 Å². The Morgan fingerprint density at radius 1 is 1.45 bits per heavy atom. The molecule has 1 aromatic rings. The molecule has 0 aliphatic carbocycles. The van der Waals surface area contributed by atoms with Gasteiger partial charge in [-0.15, -0.1) is 0 Å². The van der Waals surface area contributed by atoms with E-state index in [9.17, 15) is 14.9 Å². The SMILES string of the molecule is COC(CN(C)C(=O)c1ccc(Cl)cc1[N+](=O)[O-])OC. The number of amides is 1. The highest BCUT2D eigenvalue weighted by molar-refractivity contribution is 6.31. The molecule has 0 radical (unpaired) electrons. The maximum Gasteiger partial charge on any atom is 0.283 e. The number of ether oxygens (including phenoxy) is 2. The topological polar surface area (TPSA) is 81.9 Å². The van der Waals surface area contributed by atoms with Gasteiger partial charge >= 0.3 is 0 Å². The summed E-state index contributed by atoms with van der Waals surface area (Å²) >= 11 is 5.71. The molecular formula is C12H15ClN2O5. The first kappa shape index (κ1) is 16.4. The number of likely N-dealkylation sites (N-methyl/N-ethyl adjacent to an activating group) is 1. The third-order valence-electron chi connectivity index (χ3n) is 2.68. The molecule has 0 saturated carbocycles. The second-order valence-electron chi connectivity index (χ2n) is 4.01. The number of rotatable bonds is 6. The lowest BCUT2D eigenvalue weighted by molar-refractivity contribution is -0.385. The maximum atomic E-state index is 12.2. The molecule has 0 fully saturated rings. The largest absolute Gasteiger partial charge is 0.354 e. The van der Waals surface area contributed by atoms with Crippen LogP contribution < -0.4 is 0 Å². The molecule has 0 aromatic heterocycles. The van der Waals surface area contributed by atoms with Crippen LogP contribution in [0.3, 0.4) is 0 Å². The van der Waals surface area contributed by atoms with E-state index in [1.54, 1.807) is 0 Å². The molecule has 7 nitrogen and oxygen atoms in total. The first-order valence-electron chi connectivity index (χ1n) is 5.65. The van der Waals surface area contributed by atoms with Crippen molar-refractivity contribution in [1.29, 1.82) is 0 Å². The Balaban J connectivity index is 2.99. The van der Waals surface area contributed by atoms with Crippen LogP contribution in [0.2, 0.25) is 5.02 Å². The van der Waals surface area contributed by atoms with E-state index in [0.717, 1.165) is 6.07 Å². The van der Waals surface area contributed by atoms with Crippen LogP contribution in [0.4, 0.5) is 5.69 Å². The van der Waals surface area contributed by atoms with Crippen molar-refractivity contribution >= 4 is 23.2 Å². The Bertz CT molecular complexity index is 505. The first-order valence-corrected chi connectivity index (χ1v) is 6.03. The maximum absolute atomic E-state index is 12.2. The number of benzene rings is 1. The summed E-state index contributed by atoms with van der Waals surface area (Å²) in [6.07, 6.45) is -0.602. The highest BCUT2D eigenvalue weighted by Crippen LogP contribution is 2.24. The van der Waals surface area contributed by atoms with Crippen molar-refractivity contribution in [1.82, 2.24) is 4.90 Å². The van der Waals surface area contributed by atoms with Crippen LogP contribution in [0.15, 0.2) is 18.2 Å². The molecule has 0 atom stereocenters. The lowest BCUT2D eigenvalue weighted by Crippen LogP contribution is -2.36. The first-order chi connectivity index (χ1) is 9.40. The van der Waals surface area contributed by atoms with Crippen molar-refractivity contribution in [2.24, 2.45) is 0 Å².